The lowest BCUT2D eigenvalue weighted by Crippen LogP contribution is -2.37. The molecule has 7 heteroatoms. The van der Waals surface area contributed by atoms with Crippen LogP contribution in [0, 0.1) is 0 Å². The number of carbonyl (C=O) groups excluding carboxylic acids is 1. The smallest absolute Gasteiger partial charge is 0.285 e. The number of nitrogens with zero attached hydrogens (tertiary/aromatic N) is 3. The molecule has 0 N–H and O–H groups in total. The largest absolute Gasteiger partial charge is 0.491 e. The van der Waals surface area contributed by atoms with Crippen molar-refractivity contribution in [2.75, 3.05) is 38.9 Å². The first-order chi connectivity index (χ1) is 12.6. The normalized spacial score (nSPS) is 14.2. The first-order valence-corrected chi connectivity index (χ1v) is 9.01. The van der Waals surface area contributed by atoms with Crippen molar-refractivity contribution in [2.45, 2.75) is 0 Å². The Morgan fingerprint density at radius 2 is 1.92 bits per heavy atom. The van der Waals surface area contributed by atoms with Crippen molar-refractivity contribution >= 4 is 33.4 Å². The van der Waals surface area contributed by atoms with E-state index in [-0.39, 0.29) is 12.5 Å². The summed E-state index contributed by atoms with van der Waals surface area (Å²) in [5, 5.41) is 5.79. The number of likely N-dealkylation sites (N-methyl/N-ethyl adjacent to an activating group) is 1. The zero-order chi connectivity index (χ0) is 18.5. The lowest BCUT2D eigenvalue weighted by atomic mass is 10.2. The fourth-order valence-corrected chi connectivity index (χ4v) is 2.87. The molecule has 2 aromatic rings. The van der Waals surface area contributed by atoms with Crippen LogP contribution in [0.5, 0.6) is 5.75 Å². The van der Waals surface area contributed by atoms with Gasteiger partial charge >= 0.3 is 0 Å². The number of para-hydroxylation sites is 2. The van der Waals surface area contributed by atoms with Crippen molar-refractivity contribution in [2.24, 2.45) is 5.10 Å². The third-order valence-electron chi connectivity index (χ3n) is 3.75. The monoisotopic (exact) mass is 417 g/mol. The summed E-state index contributed by atoms with van der Waals surface area (Å²) in [6.45, 7) is 1.26. The Kier molecular flexibility index (Phi) is 5.90. The van der Waals surface area contributed by atoms with Gasteiger partial charge in [-0.3, -0.25) is 4.79 Å². The lowest BCUT2D eigenvalue weighted by molar-refractivity contribution is -0.121. The minimum absolute atomic E-state index is 0.0772. The van der Waals surface area contributed by atoms with Crippen molar-refractivity contribution in [3.05, 3.63) is 58.6 Å². The summed E-state index contributed by atoms with van der Waals surface area (Å²) in [5.74, 6) is 0.807. The van der Waals surface area contributed by atoms with Gasteiger partial charge in [-0.25, -0.2) is 0 Å². The van der Waals surface area contributed by atoms with Crippen LogP contribution in [0.25, 0.3) is 0 Å². The Labute approximate surface area is 161 Å². The molecule has 0 radical (unpaired) electrons. The average Bonchev–Trinajstić information content (AvgIpc) is 2.63. The van der Waals surface area contributed by atoms with Gasteiger partial charge in [-0.2, -0.15) is 5.01 Å². The Morgan fingerprint density at radius 1 is 1.19 bits per heavy atom. The number of anilines is 1. The molecule has 136 valence electrons. The number of hydrogen-bond acceptors (Lipinski definition) is 5. The van der Waals surface area contributed by atoms with Crippen LogP contribution in [0.3, 0.4) is 0 Å². The van der Waals surface area contributed by atoms with Crippen molar-refractivity contribution in [1.82, 2.24) is 4.90 Å². The summed E-state index contributed by atoms with van der Waals surface area (Å²) in [6.07, 6.45) is 0. The van der Waals surface area contributed by atoms with Gasteiger partial charge in [0.05, 0.1) is 11.3 Å². The van der Waals surface area contributed by atoms with E-state index in [1.54, 1.807) is 0 Å². The van der Waals surface area contributed by atoms with Gasteiger partial charge in [0.25, 0.3) is 5.91 Å². The van der Waals surface area contributed by atoms with Crippen LogP contribution in [-0.4, -0.2) is 50.6 Å². The van der Waals surface area contributed by atoms with Gasteiger partial charge < -0.3 is 14.4 Å². The summed E-state index contributed by atoms with van der Waals surface area (Å²) in [7, 11) is 3.98. The van der Waals surface area contributed by atoms with Crippen LogP contribution in [0.4, 0.5) is 5.69 Å². The Bertz CT molecular complexity index is 823. The maximum atomic E-state index is 12.3. The summed E-state index contributed by atoms with van der Waals surface area (Å²) in [5.41, 5.74) is 1.39. The van der Waals surface area contributed by atoms with Crippen LogP contribution in [0.2, 0.25) is 0 Å². The summed E-state index contributed by atoms with van der Waals surface area (Å²) in [4.78, 5) is 14.3. The molecule has 0 saturated heterocycles. The number of ether oxygens (including phenoxy) is 2. The van der Waals surface area contributed by atoms with Crippen LogP contribution >= 0.6 is 15.9 Å². The highest BCUT2D eigenvalue weighted by Crippen LogP contribution is 2.29. The third kappa shape index (κ3) is 4.23. The van der Waals surface area contributed by atoms with Gasteiger partial charge in [0.15, 0.2) is 6.61 Å². The first kappa shape index (κ1) is 18.4. The van der Waals surface area contributed by atoms with E-state index in [2.05, 4.69) is 21.0 Å². The molecule has 0 aromatic heterocycles. The molecule has 1 amide bonds. The number of halogens is 1. The molecule has 0 fully saturated rings. The second-order valence-corrected chi connectivity index (χ2v) is 6.85. The number of carbonyl (C=O) groups is 1. The van der Waals surface area contributed by atoms with E-state index < -0.39 is 0 Å². The van der Waals surface area contributed by atoms with E-state index in [4.69, 9.17) is 9.47 Å². The van der Waals surface area contributed by atoms with Gasteiger partial charge in [-0.15, -0.1) is 5.10 Å². The number of hydrazone groups is 1. The molecule has 0 spiro atoms. The second kappa shape index (κ2) is 8.33. The van der Waals surface area contributed by atoms with Crippen LogP contribution in [0.15, 0.2) is 58.1 Å². The minimum atomic E-state index is -0.230. The molecule has 1 aliphatic rings. The molecule has 0 unspecified atom stereocenters. The number of rotatable bonds is 6. The minimum Gasteiger partial charge on any atom is -0.491 e. The fourth-order valence-electron chi connectivity index (χ4n) is 2.42. The zero-order valence-corrected chi connectivity index (χ0v) is 16.3. The average molecular weight is 418 g/mol. The molecule has 0 saturated carbocycles. The molecule has 3 rings (SSSR count). The lowest BCUT2D eigenvalue weighted by Gasteiger charge is -2.25. The van der Waals surface area contributed by atoms with E-state index in [9.17, 15) is 4.79 Å². The highest BCUT2D eigenvalue weighted by molar-refractivity contribution is 9.10. The molecule has 0 bridgehead atoms. The molecular weight excluding hydrogens is 398 g/mol. The predicted octanol–water partition coefficient (Wildman–Crippen LogP) is 3.11. The fraction of sp³-hybridized carbons (Fsp3) is 0.263. The SMILES string of the molecule is CN(C)CCOc1ccccc1C1=NN(c2ccccc2Br)C(=O)CO1. The quantitative estimate of drug-likeness (QED) is 0.724. The van der Waals surface area contributed by atoms with Crippen molar-refractivity contribution in [1.29, 1.82) is 0 Å². The Hall–Kier alpha value is -2.38. The topological polar surface area (TPSA) is 54.4 Å². The number of benzene rings is 2. The zero-order valence-electron chi connectivity index (χ0n) is 14.7. The second-order valence-electron chi connectivity index (χ2n) is 6.00. The van der Waals surface area contributed by atoms with E-state index in [1.165, 1.54) is 5.01 Å². The van der Waals surface area contributed by atoms with Crippen molar-refractivity contribution in [3.8, 4) is 5.75 Å². The first-order valence-electron chi connectivity index (χ1n) is 8.22. The predicted molar refractivity (Wildman–Crippen MR) is 105 cm³/mol. The highest BCUT2D eigenvalue weighted by atomic mass is 79.9. The van der Waals surface area contributed by atoms with Crippen molar-refractivity contribution in [3.63, 3.8) is 0 Å². The number of amides is 1. The van der Waals surface area contributed by atoms with E-state index in [0.717, 1.165) is 16.6 Å². The molecular formula is C19H20BrN3O3. The molecule has 6 nitrogen and oxygen atoms in total. The summed E-state index contributed by atoms with van der Waals surface area (Å²) >= 11 is 3.46. The van der Waals surface area contributed by atoms with E-state index >= 15 is 0 Å². The van der Waals surface area contributed by atoms with Crippen LogP contribution in [0.1, 0.15) is 5.56 Å². The standard InChI is InChI=1S/C19H20BrN3O3/c1-22(2)11-12-25-17-10-6-3-7-14(17)19-21-23(18(24)13-26-19)16-9-5-4-8-15(16)20/h3-10H,11-13H2,1-2H3. The van der Waals surface area contributed by atoms with Gasteiger partial charge in [-0.05, 0) is 54.3 Å². The summed E-state index contributed by atoms with van der Waals surface area (Å²) in [6, 6.07) is 15.0. The van der Waals surface area contributed by atoms with Crippen LogP contribution in [-0.2, 0) is 9.53 Å². The molecule has 2 aromatic carbocycles. The number of hydrogen-bond donors (Lipinski definition) is 0. The molecule has 26 heavy (non-hydrogen) atoms. The molecule has 1 aliphatic heterocycles. The third-order valence-corrected chi connectivity index (χ3v) is 4.42. The van der Waals surface area contributed by atoms with Crippen LogP contribution < -0.4 is 9.75 Å². The van der Waals surface area contributed by atoms with Gasteiger partial charge in [-0.1, -0.05) is 24.3 Å². The van der Waals surface area contributed by atoms with Gasteiger partial charge in [0.1, 0.15) is 12.4 Å². The summed E-state index contributed by atoms with van der Waals surface area (Å²) < 4.78 is 12.3. The Balaban J connectivity index is 1.90. The molecule has 1 heterocycles. The van der Waals surface area contributed by atoms with E-state index in [1.807, 2.05) is 67.5 Å². The maximum Gasteiger partial charge on any atom is 0.285 e. The van der Waals surface area contributed by atoms with E-state index in [0.29, 0.717) is 23.9 Å². The maximum absolute atomic E-state index is 12.3. The van der Waals surface area contributed by atoms with Crippen molar-refractivity contribution < 1.29 is 14.3 Å². The molecule has 0 atom stereocenters. The molecule has 0 aliphatic carbocycles. The van der Waals surface area contributed by atoms with Gasteiger partial charge in [0, 0.05) is 11.0 Å². The highest BCUT2D eigenvalue weighted by Gasteiger charge is 2.26. The van der Waals surface area contributed by atoms with Gasteiger partial charge in [0.2, 0.25) is 5.90 Å². The Morgan fingerprint density at radius 3 is 2.69 bits per heavy atom.